The molecule has 0 amide bonds. The van der Waals surface area contributed by atoms with Crippen molar-refractivity contribution in [2.75, 3.05) is 4.90 Å². The molecule has 0 N–H and O–H groups in total. The van der Waals surface area contributed by atoms with Gasteiger partial charge in [0.1, 0.15) is 11.5 Å². The first-order chi connectivity index (χ1) is 37.2. The Morgan fingerprint density at radius 1 is 0.325 bits per heavy atom. The number of aryl methyl sites for hydroxylation is 11. The van der Waals surface area contributed by atoms with Gasteiger partial charge in [-0.15, -0.1) is 0 Å². The molecule has 2 aromatic heterocycles. The van der Waals surface area contributed by atoms with E-state index in [4.69, 9.17) is 4.74 Å². The van der Waals surface area contributed by atoms with Gasteiger partial charge in [0, 0.05) is 67.1 Å². The van der Waals surface area contributed by atoms with E-state index in [1.165, 1.54) is 177 Å². The monoisotopic (exact) mass is 989 g/mol. The van der Waals surface area contributed by atoms with Crippen molar-refractivity contribution in [3.8, 4) is 45.1 Å². The molecule has 77 heavy (non-hydrogen) atoms. The molecule has 4 aliphatic heterocycles. The molecule has 0 saturated heterocycles. The lowest BCUT2D eigenvalue weighted by molar-refractivity contribution is 0.487. The van der Waals surface area contributed by atoms with Crippen LogP contribution in [-0.4, -0.2) is 22.6 Å². The normalized spacial score (nSPS) is 13.4. The van der Waals surface area contributed by atoms with Crippen LogP contribution in [0.3, 0.4) is 0 Å². The number of hydrogen-bond acceptors (Lipinski definition) is 2. The number of fused-ring (bicyclic) bond motifs is 14. The first-order valence-corrected chi connectivity index (χ1v) is 27.5. The van der Waals surface area contributed by atoms with Gasteiger partial charge in [0.2, 0.25) is 0 Å². The minimum Gasteiger partial charge on any atom is -0.458 e. The summed E-state index contributed by atoms with van der Waals surface area (Å²) in [5.74, 6) is 1.84. The molecular weight excluding hydrogens is 932 g/mol. The van der Waals surface area contributed by atoms with Crippen molar-refractivity contribution in [1.29, 1.82) is 0 Å². The topological polar surface area (TPSA) is 22.3 Å². The van der Waals surface area contributed by atoms with Gasteiger partial charge in [-0.05, 0) is 220 Å². The molecule has 0 radical (unpaired) electrons. The highest BCUT2D eigenvalue weighted by molar-refractivity contribution is 7.02. The van der Waals surface area contributed by atoms with Crippen LogP contribution in [0.5, 0.6) is 11.5 Å². The number of ether oxygens (including phenoxy) is 1. The fourth-order valence-electron chi connectivity index (χ4n) is 15.4. The van der Waals surface area contributed by atoms with Crippen molar-refractivity contribution in [2.45, 2.75) is 76.2 Å². The number of benzene rings is 10. The zero-order valence-electron chi connectivity index (χ0n) is 45.8. The fourth-order valence-corrected chi connectivity index (χ4v) is 15.4. The predicted octanol–water partition coefficient (Wildman–Crippen LogP) is 14.2. The SMILES string of the molecule is Cc1ccc(N2c3cc4c(cc3B3c5c2cc(-c2c(C)cc(C)cc2C)cc5-n2c5ccc(C)cc5c5cc(C)cc3c52)B2c3c(cc(-c5c(C)cc(C)cc5C)cc3-n3c5ccc(C)cc5c5ccc(C)c2c53)O4)cc1. The second kappa shape index (κ2) is 15.4. The number of anilines is 3. The van der Waals surface area contributed by atoms with E-state index in [2.05, 4.69) is 236 Å². The maximum absolute atomic E-state index is 7.69. The molecule has 6 heteroatoms. The van der Waals surface area contributed by atoms with Crippen molar-refractivity contribution in [3.63, 3.8) is 0 Å². The highest BCUT2D eigenvalue weighted by Gasteiger charge is 2.47. The first kappa shape index (κ1) is 44.8. The number of aromatic nitrogens is 2. The summed E-state index contributed by atoms with van der Waals surface area (Å²) < 4.78 is 12.9. The quantitative estimate of drug-likeness (QED) is 0.165. The molecule has 368 valence electrons. The second-order valence-corrected chi connectivity index (χ2v) is 23.6. The van der Waals surface area contributed by atoms with E-state index in [0.29, 0.717) is 0 Å². The van der Waals surface area contributed by atoms with Gasteiger partial charge in [-0.1, -0.05) is 112 Å². The minimum absolute atomic E-state index is 0.0674. The maximum atomic E-state index is 7.69. The molecule has 10 aromatic carbocycles. The van der Waals surface area contributed by atoms with Crippen molar-refractivity contribution >= 4 is 107 Å². The van der Waals surface area contributed by atoms with E-state index in [0.717, 1.165) is 22.9 Å². The lowest BCUT2D eigenvalue weighted by Crippen LogP contribution is -2.64. The van der Waals surface area contributed by atoms with Crippen LogP contribution in [-0.2, 0) is 0 Å². The van der Waals surface area contributed by atoms with Crippen molar-refractivity contribution < 1.29 is 4.74 Å². The Morgan fingerprint density at radius 3 is 1.52 bits per heavy atom. The molecule has 12 aromatic rings. The highest BCUT2D eigenvalue weighted by atomic mass is 16.5. The molecule has 0 unspecified atom stereocenters. The van der Waals surface area contributed by atoms with E-state index in [9.17, 15) is 0 Å². The maximum Gasteiger partial charge on any atom is 0.256 e. The Bertz CT molecular complexity index is 4690. The highest BCUT2D eigenvalue weighted by Crippen LogP contribution is 2.48. The molecule has 0 saturated carbocycles. The summed E-state index contributed by atoms with van der Waals surface area (Å²) in [7, 11) is 0. The summed E-state index contributed by atoms with van der Waals surface area (Å²) in [6.45, 7) is 24.6. The molecule has 0 aliphatic carbocycles. The minimum atomic E-state index is -0.0796. The zero-order chi connectivity index (χ0) is 52.3. The fraction of sp³-hybridized carbons (Fsp3) is 0.155. The van der Waals surface area contributed by atoms with Gasteiger partial charge in [0.15, 0.2) is 0 Å². The van der Waals surface area contributed by atoms with Gasteiger partial charge in [-0.2, -0.15) is 0 Å². The molecule has 0 bridgehead atoms. The van der Waals surface area contributed by atoms with E-state index >= 15 is 0 Å². The molecule has 0 spiro atoms. The van der Waals surface area contributed by atoms with Crippen molar-refractivity contribution in [1.82, 2.24) is 9.13 Å². The predicted molar refractivity (Wildman–Crippen MR) is 329 cm³/mol. The average molecular weight is 990 g/mol. The van der Waals surface area contributed by atoms with Gasteiger partial charge >= 0.3 is 0 Å². The van der Waals surface area contributed by atoms with Crippen LogP contribution >= 0.6 is 0 Å². The van der Waals surface area contributed by atoms with Crippen LogP contribution in [0.2, 0.25) is 0 Å². The lowest BCUT2D eigenvalue weighted by atomic mass is 9.30. The van der Waals surface area contributed by atoms with E-state index in [1.54, 1.807) is 0 Å². The third kappa shape index (κ3) is 5.96. The average Bonchev–Trinajstić information content (AvgIpc) is 3.70. The molecule has 4 aliphatic rings. The number of hydrogen-bond donors (Lipinski definition) is 0. The molecular formula is C71H57B2N3O. The molecule has 4 nitrogen and oxygen atoms in total. The molecule has 6 heterocycles. The smallest absolute Gasteiger partial charge is 0.256 e. The third-order valence-electron chi connectivity index (χ3n) is 18.2. The van der Waals surface area contributed by atoms with Crippen LogP contribution in [0.25, 0.3) is 77.2 Å². The summed E-state index contributed by atoms with van der Waals surface area (Å²) in [4.78, 5) is 2.58. The van der Waals surface area contributed by atoms with Gasteiger partial charge < -0.3 is 18.8 Å². The van der Waals surface area contributed by atoms with Crippen LogP contribution in [0.1, 0.15) is 61.2 Å². The van der Waals surface area contributed by atoms with E-state index in [1.807, 2.05) is 0 Å². The molecule has 0 atom stereocenters. The summed E-state index contributed by atoms with van der Waals surface area (Å²) >= 11 is 0. The summed E-state index contributed by atoms with van der Waals surface area (Å²) in [6, 6.07) is 57.2. The Balaban J connectivity index is 1.05. The van der Waals surface area contributed by atoms with Gasteiger partial charge in [0.05, 0.1) is 11.0 Å². The summed E-state index contributed by atoms with van der Waals surface area (Å²) in [6.07, 6.45) is 0. The Kier molecular flexibility index (Phi) is 8.93. The second-order valence-electron chi connectivity index (χ2n) is 23.6. The lowest BCUT2D eigenvalue weighted by Gasteiger charge is -2.42. The molecule has 16 rings (SSSR count). The van der Waals surface area contributed by atoms with Crippen LogP contribution < -0.4 is 42.4 Å². The Hall–Kier alpha value is -8.47. The Labute approximate surface area is 451 Å². The first-order valence-electron chi connectivity index (χ1n) is 27.5. The standard InChI is InChI=1S/C71H57B2N3O/c1-36-12-17-49(18-13-36)74-59-35-63-55(73-67-42(7)16-19-50-51-26-37(2)14-20-57(51)76(71(50)67)62-32-48(33-64(77-63)69(62)73)66-45(10)24-40(5)25-46(66)11)34-54(59)72-56-29-41(6)28-53-52-27-38(3)15-21-58(52)75(70(53)56)61-31-47(30-60(74)68(61)72)65-43(8)22-39(4)23-44(65)9/h12-35H,1-11H3. The van der Waals surface area contributed by atoms with E-state index in [-0.39, 0.29) is 13.4 Å². The summed E-state index contributed by atoms with van der Waals surface area (Å²) in [5, 5.41) is 5.20. The van der Waals surface area contributed by atoms with E-state index < -0.39 is 0 Å². The summed E-state index contributed by atoms with van der Waals surface area (Å²) in [5.41, 5.74) is 37.8. The van der Waals surface area contributed by atoms with Crippen LogP contribution in [0.4, 0.5) is 17.1 Å². The number of rotatable bonds is 3. The van der Waals surface area contributed by atoms with Crippen LogP contribution in [0, 0.1) is 76.2 Å². The zero-order valence-corrected chi connectivity index (χ0v) is 45.8. The van der Waals surface area contributed by atoms with Gasteiger partial charge in [-0.25, -0.2) is 0 Å². The van der Waals surface area contributed by atoms with Crippen molar-refractivity contribution in [2.24, 2.45) is 0 Å². The van der Waals surface area contributed by atoms with Crippen molar-refractivity contribution in [3.05, 3.63) is 207 Å². The van der Waals surface area contributed by atoms with Gasteiger partial charge in [0.25, 0.3) is 13.4 Å². The third-order valence-corrected chi connectivity index (χ3v) is 18.2. The van der Waals surface area contributed by atoms with Crippen LogP contribution in [0.15, 0.2) is 146 Å². The largest absolute Gasteiger partial charge is 0.458 e. The Morgan fingerprint density at radius 2 is 0.870 bits per heavy atom. The number of nitrogens with zero attached hydrogens (tertiary/aromatic N) is 3. The molecule has 0 fully saturated rings. The van der Waals surface area contributed by atoms with Gasteiger partial charge in [-0.3, -0.25) is 0 Å².